The van der Waals surface area contributed by atoms with Crippen LogP contribution in [-0.2, 0) is 14.1 Å². The first-order valence-corrected chi connectivity index (χ1v) is 8.09. The number of ether oxygens (including phenoxy) is 1. The molecule has 0 saturated carbocycles. The predicted octanol–water partition coefficient (Wildman–Crippen LogP) is 4.49. The van der Waals surface area contributed by atoms with E-state index in [0.29, 0.717) is 5.56 Å². The van der Waals surface area contributed by atoms with Gasteiger partial charge in [-0.1, -0.05) is 45.4 Å². The van der Waals surface area contributed by atoms with Gasteiger partial charge in [-0.3, -0.25) is 14.2 Å². The van der Waals surface area contributed by atoms with Crippen LogP contribution in [0.3, 0.4) is 0 Å². The van der Waals surface area contributed by atoms with Crippen LogP contribution in [0.25, 0.3) is 0 Å². The second-order valence-corrected chi connectivity index (χ2v) is 6.39. The molecule has 1 aromatic carbocycles. The van der Waals surface area contributed by atoms with E-state index in [4.69, 9.17) is 9.30 Å². The Morgan fingerprint density at radius 3 is 1.74 bits per heavy atom. The lowest BCUT2D eigenvalue weighted by molar-refractivity contribution is -0.152. The van der Waals surface area contributed by atoms with Crippen molar-refractivity contribution in [2.75, 3.05) is 0 Å². The van der Waals surface area contributed by atoms with Gasteiger partial charge in [-0.15, -0.1) is 0 Å². The Bertz CT molecular complexity index is 541. The van der Waals surface area contributed by atoms with Crippen molar-refractivity contribution in [1.82, 2.24) is 0 Å². The molecule has 0 bridgehead atoms. The molecule has 0 heterocycles. The molecule has 1 rings (SSSR count). The number of carbonyl (C=O) groups excluding carboxylic acids is 2. The van der Waals surface area contributed by atoms with E-state index in [1.54, 1.807) is 23.0 Å². The van der Waals surface area contributed by atoms with Crippen LogP contribution in [0.2, 0.25) is 0 Å². The highest BCUT2D eigenvalue weighted by atomic mass is 31.0. The molecule has 128 valence electrons. The van der Waals surface area contributed by atoms with Gasteiger partial charge in [0.2, 0.25) is 5.78 Å². The normalized spacial score (nSPS) is 11.7. The number of hydrogen-bond acceptors (Lipinski definition) is 4. The fraction of sp³-hybridized carbons (Fsp3) is 0.556. The minimum Gasteiger partial charge on any atom is -0.453 e. The number of benzene rings is 1. The second kappa shape index (κ2) is 9.57. The van der Waals surface area contributed by atoms with Crippen LogP contribution >= 0.6 is 9.12 Å². The zero-order valence-corrected chi connectivity index (χ0v) is 16.0. The third kappa shape index (κ3) is 5.87. The number of hydrogen-bond donors (Lipinski definition) is 0. The average molecular weight is 338 g/mol. The molecular formula is C18H27O4P. The molecule has 0 aliphatic rings. The van der Waals surface area contributed by atoms with Crippen molar-refractivity contribution in [3.05, 3.63) is 34.4 Å². The Labute approximate surface area is 141 Å². The summed E-state index contributed by atoms with van der Waals surface area (Å²) < 4.78 is 13.5. The maximum atomic E-state index is 12.8. The third-order valence-electron chi connectivity index (χ3n) is 3.50. The summed E-state index contributed by atoms with van der Waals surface area (Å²) in [7, 11) is 1.72. The number of carbonyl (C=O) groups is 2. The molecular weight excluding hydrogens is 311 g/mol. The molecule has 4 nitrogen and oxygen atoms in total. The number of esters is 1. The van der Waals surface area contributed by atoms with Gasteiger partial charge >= 0.3 is 5.97 Å². The van der Waals surface area contributed by atoms with Gasteiger partial charge in [-0.25, -0.2) is 0 Å². The largest absolute Gasteiger partial charge is 0.453 e. The Balaban J connectivity index is 0.00000232. The molecule has 0 aliphatic carbocycles. The number of rotatable bonds is 5. The van der Waals surface area contributed by atoms with Crippen LogP contribution in [0, 0.1) is 32.6 Å². The molecule has 23 heavy (non-hydrogen) atoms. The van der Waals surface area contributed by atoms with Crippen molar-refractivity contribution in [2.24, 2.45) is 11.8 Å². The van der Waals surface area contributed by atoms with Gasteiger partial charge < -0.3 is 4.74 Å². The second-order valence-electron chi connectivity index (χ2n) is 6.39. The third-order valence-corrected chi connectivity index (χ3v) is 3.50. The fourth-order valence-electron chi connectivity index (χ4n) is 2.46. The molecule has 1 unspecified atom stereocenters. The van der Waals surface area contributed by atoms with Gasteiger partial charge in [0.1, 0.15) is 9.12 Å². The van der Waals surface area contributed by atoms with Crippen LogP contribution < -0.4 is 0 Å². The summed E-state index contributed by atoms with van der Waals surface area (Å²) >= 11 is 0. The fourth-order valence-corrected chi connectivity index (χ4v) is 2.46. The summed E-state index contributed by atoms with van der Waals surface area (Å²) in [5, 5.41) is 0. The highest BCUT2D eigenvalue weighted by Gasteiger charge is 2.30. The standard InChI is InChI=1S/C18H26O3.HOP/c1-10(2)17(21-18(20)11(3)4)16(19)15-13(6)8-12(5)9-14(15)7;1-2/h8-11,17H,1-7H3;2H. The van der Waals surface area contributed by atoms with E-state index >= 15 is 0 Å². The van der Waals surface area contributed by atoms with Gasteiger partial charge in [0.15, 0.2) is 6.10 Å². The lowest BCUT2D eigenvalue weighted by Gasteiger charge is -2.23. The summed E-state index contributed by atoms with van der Waals surface area (Å²) in [6.07, 6.45) is -0.722. The van der Waals surface area contributed by atoms with Crippen LogP contribution in [0.5, 0.6) is 0 Å². The number of ketones is 1. The van der Waals surface area contributed by atoms with Crippen molar-refractivity contribution in [3.8, 4) is 0 Å². The van der Waals surface area contributed by atoms with Gasteiger partial charge in [-0.05, 0) is 37.8 Å². The van der Waals surface area contributed by atoms with Gasteiger partial charge in [0, 0.05) is 5.56 Å². The molecule has 5 heteroatoms. The van der Waals surface area contributed by atoms with Crippen molar-refractivity contribution < 1.29 is 18.9 Å². The molecule has 0 saturated heterocycles. The van der Waals surface area contributed by atoms with Gasteiger partial charge in [0.25, 0.3) is 0 Å². The van der Waals surface area contributed by atoms with Crippen LogP contribution in [0.15, 0.2) is 12.1 Å². The van der Waals surface area contributed by atoms with Crippen LogP contribution in [0.4, 0.5) is 0 Å². The molecule has 0 radical (unpaired) electrons. The van der Waals surface area contributed by atoms with E-state index in [9.17, 15) is 9.59 Å². The zero-order valence-electron chi connectivity index (χ0n) is 15.0. The summed E-state index contributed by atoms with van der Waals surface area (Å²) in [5.41, 5.74) is 3.67. The number of Topliss-reactive ketones (excluding diaryl/α,β-unsaturated/α-hetero) is 1. The first-order valence-electron chi connectivity index (χ1n) is 7.68. The number of aryl methyl sites for hydroxylation is 3. The topological polar surface area (TPSA) is 60.4 Å². The SMILES string of the molecule is Cc1cc(C)c(C(=O)C(OC(=O)C(C)C)C(C)C)c(C)c1.O=P. The summed E-state index contributed by atoms with van der Waals surface area (Å²) in [5.74, 6) is -0.724. The first-order chi connectivity index (χ1) is 10.6. The highest BCUT2D eigenvalue weighted by Crippen LogP contribution is 2.22. The Hall–Kier alpha value is -1.54. The van der Waals surface area contributed by atoms with E-state index in [1.165, 1.54) is 0 Å². The van der Waals surface area contributed by atoms with Gasteiger partial charge in [0.05, 0.1) is 5.92 Å². The highest BCUT2D eigenvalue weighted by molar-refractivity contribution is 7.00. The summed E-state index contributed by atoms with van der Waals surface area (Å²) in [6.45, 7) is 13.2. The molecule has 0 aliphatic heterocycles. The molecule has 1 aromatic rings. The molecule has 0 N–H and O–H groups in total. The Morgan fingerprint density at radius 1 is 0.957 bits per heavy atom. The van der Waals surface area contributed by atoms with Crippen LogP contribution in [-0.4, -0.2) is 17.9 Å². The van der Waals surface area contributed by atoms with Crippen molar-refractivity contribution >= 4 is 20.9 Å². The van der Waals surface area contributed by atoms with E-state index in [1.807, 2.05) is 46.8 Å². The minimum absolute atomic E-state index is 0.0553. The molecule has 0 amide bonds. The molecule has 0 spiro atoms. The van der Waals surface area contributed by atoms with Crippen molar-refractivity contribution in [3.63, 3.8) is 0 Å². The maximum Gasteiger partial charge on any atom is 0.309 e. The van der Waals surface area contributed by atoms with Crippen LogP contribution in [0.1, 0.15) is 54.7 Å². The summed E-state index contributed by atoms with van der Waals surface area (Å²) in [6, 6.07) is 3.98. The monoisotopic (exact) mass is 338 g/mol. The van der Waals surface area contributed by atoms with E-state index in [-0.39, 0.29) is 23.6 Å². The quantitative estimate of drug-likeness (QED) is 0.451. The Morgan fingerprint density at radius 2 is 1.39 bits per heavy atom. The molecule has 0 fully saturated rings. The van der Waals surface area contributed by atoms with Crippen molar-refractivity contribution in [2.45, 2.75) is 54.6 Å². The predicted molar refractivity (Wildman–Crippen MR) is 93.5 cm³/mol. The smallest absolute Gasteiger partial charge is 0.309 e. The Kier molecular flexibility index (Phi) is 8.93. The summed E-state index contributed by atoms with van der Waals surface area (Å²) in [4.78, 5) is 24.7. The van der Waals surface area contributed by atoms with Gasteiger partial charge in [-0.2, -0.15) is 0 Å². The van der Waals surface area contributed by atoms with E-state index < -0.39 is 6.10 Å². The van der Waals surface area contributed by atoms with E-state index in [0.717, 1.165) is 16.7 Å². The molecule has 1 atom stereocenters. The van der Waals surface area contributed by atoms with E-state index in [2.05, 4.69) is 0 Å². The maximum absolute atomic E-state index is 12.8. The lowest BCUT2D eigenvalue weighted by atomic mass is 9.90. The van der Waals surface area contributed by atoms with Crippen molar-refractivity contribution in [1.29, 1.82) is 0 Å². The molecule has 0 aromatic heterocycles. The first kappa shape index (κ1) is 21.5. The zero-order chi connectivity index (χ0) is 18.3. The minimum atomic E-state index is -0.722. The average Bonchev–Trinajstić information content (AvgIpc) is 2.44. The lowest BCUT2D eigenvalue weighted by Crippen LogP contribution is -2.34.